The molecule has 3 N–H and O–H groups in total. The molecule has 16 heavy (non-hydrogen) atoms. The zero-order valence-electron chi connectivity index (χ0n) is 9.26. The highest BCUT2D eigenvalue weighted by Gasteiger charge is 2.25. The van der Waals surface area contributed by atoms with Crippen LogP contribution in [0.25, 0.3) is 0 Å². The third-order valence-corrected chi connectivity index (χ3v) is 2.30. The second-order valence-electron chi connectivity index (χ2n) is 3.54. The highest BCUT2D eigenvalue weighted by molar-refractivity contribution is 5.83. The molecular weight excluding hydrogens is 214 g/mol. The Morgan fingerprint density at radius 2 is 2.38 bits per heavy atom. The standard InChI is InChI=1S/C9H17N3O4/c1-12(3-2-8(10)11-14)9(13)7-6-15-4-5-16-7/h7,14H,2-6H2,1H3,(H2,10,11). The number of carbonyl (C=O) groups excluding carboxylic acids is 1. The summed E-state index contributed by atoms with van der Waals surface area (Å²) >= 11 is 0. The van der Waals surface area contributed by atoms with E-state index < -0.39 is 6.10 Å². The molecule has 7 nitrogen and oxygen atoms in total. The molecule has 0 aromatic carbocycles. The minimum atomic E-state index is -0.536. The van der Waals surface area contributed by atoms with E-state index in [2.05, 4.69) is 5.16 Å². The number of hydrogen-bond acceptors (Lipinski definition) is 5. The maximum atomic E-state index is 11.8. The number of nitrogens with two attached hydrogens (primary N) is 1. The van der Waals surface area contributed by atoms with Crippen molar-refractivity contribution in [3.63, 3.8) is 0 Å². The van der Waals surface area contributed by atoms with Gasteiger partial charge in [-0.05, 0) is 0 Å². The van der Waals surface area contributed by atoms with E-state index in [1.54, 1.807) is 7.05 Å². The normalized spacial score (nSPS) is 21.8. The summed E-state index contributed by atoms with van der Waals surface area (Å²) in [6.45, 7) is 1.63. The zero-order valence-corrected chi connectivity index (χ0v) is 9.26. The van der Waals surface area contributed by atoms with Gasteiger partial charge >= 0.3 is 0 Å². The molecule has 1 aliphatic rings. The summed E-state index contributed by atoms with van der Waals surface area (Å²) in [6.07, 6.45) is -0.210. The topological polar surface area (TPSA) is 97.4 Å². The fraction of sp³-hybridized carbons (Fsp3) is 0.778. The van der Waals surface area contributed by atoms with E-state index in [9.17, 15) is 4.79 Å². The van der Waals surface area contributed by atoms with Crippen LogP contribution in [0.2, 0.25) is 0 Å². The van der Waals surface area contributed by atoms with Crippen molar-refractivity contribution >= 4 is 11.7 Å². The Labute approximate surface area is 93.8 Å². The molecule has 0 bridgehead atoms. The minimum Gasteiger partial charge on any atom is -0.409 e. The van der Waals surface area contributed by atoms with Crippen LogP contribution < -0.4 is 5.73 Å². The second kappa shape index (κ2) is 6.29. The van der Waals surface area contributed by atoms with Gasteiger partial charge < -0.3 is 25.3 Å². The van der Waals surface area contributed by atoms with E-state index in [1.165, 1.54) is 4.90 Å². The van der Waals surface area contributed by atoms with Crippen LogP contribution in [-0.4, -0.2) is 61.4 Å². The Bertz CT molecular complexity index is 263. The van der Waals surface area contributed by atoms with Gasteiger partial charge in [-0.15, -0.1) is 0 Å². The monoisotopic (exact) mass is 231 g/mol. The molecule has 0 aromatic rings. The van der Waals surface area contributed by atoms with Gasteiger partial charge in [0.25, 0.3) is 5.91 Å². The largest absolute Gasteiger partial charge is 0.409 e. The molecule has 0 spiro atoms. The lowest BCUT2D eigenvalue weighted by Gasteiger charge is -2.26. The van der Waals surface area contributed by atoms with E-state index in [0.29, 0.717) is 26.2 Å². The van der Waals surface area contributed by atoms with Crippen molar-refractivity contribution in [3.8, 4) is 0 Å². The van der Waals surface area contributed by atoms with Crippen LogP contribution in [0.4, 0.5) is 0 Å². The number of oxime groups is 1. The Hall–Kier alpha value is -1.34. The third-order valence-electron chi connectivity index (χ3n) is 2.30. The van der Waals surface area contributed by atoms with Crippen LogP contribution >= 0.6 is 0 Å². The predicted molar refractivity (Wildman–Crippen MR) is 56.2 cm³/mol. The van der Waals surface area contributed by atoms with Crippen LogP contribution in [0.5, 0.6) is 0 Å². The number of nitrogens with zero attached hydrogens (tertiary/aromatic N) is 2. The van der Waals surface area contributed by atoms with Gasteiger partial charge in [-0.1, -0.05) is 5.16 Å². The molecule has 1 amide bonds. The van der Waals surface area contributed by atoms with Gasteiger partial charge in [-0.2, -0.15) is 0 Å². The van der Waals surface area contributed by atoms with E-state index >= 15 is 0 Å². The quantitative estimate of drug-likeness (QED) is 0.280. The number of amides is 1. The van der Waals surface area contributed by atoms with E-state index in [4.69, 9.17) is 20.4 Å². The number of hydrogen-bond donors (Lipinski definition) is 2. The summed E-state index contributed by atoms with van der Waals surface area (Å²) in [5, 5.41) is 11.2. The summed E-state index contributed by atoms with van der Waals surface area (Å²) in [7, 11) is 1.64. The molecule has 0 saturated carbocycles. The number of rotatable bonds is 4. The molecule has 7 heteroatoms. The highest BCUT2D eigenvalue weighted by Crippen LogP contribution is 2.04. The SMILES string of the molecule is CN(CCC(N)=NO)C(=O)C1COCCO1. The third kappa shape index (κ3) is 3.67. The lowest BCUT2D eigenvalue weighted by Crippen LogP contribution is -2.44. The van der Waals surface area contributed by atoms with Gasteiger partial charge in [0.05, 0.1) is 19.8 Å². The van der Waals surface area contributed by atoms with Gasteiger partial charge in [0.2, 0.25) is 0 Å². The molecule has 0 radical (unpaired) electrons. The smallest absolute Gasteiger partial charge is 0.253 e. The second-order valence-corrected chi connectivity index (χ2v) is 3.54. The van der Waals surface area contributed by atoms with Crippen molar-refractivity contribution in [2.24, 2.45) is 10.9 Å². The molecular formula is C9H17N3O4. The Balaban J connectivity index is 2.34. The summed E-state index contributed by atoms with van der Waals surface area (Å²) in [5.41, 5.74) is 5.31. The van der Waals surface area contributed by atoms with Crippen molar-refractivity contribution in [2.75, 3.05) is 33.4 Å². The minimum absolute atomic E-state index is 0.0977. The average Bonchev–Trinajstić information content (AvgIpc) is 2.35. The van der Waals surface area contributed by atoms with E-state index in [1.807, 2.05) is 0 Å². The first-order valence-electron chi connectivity index (χ1n) is 5.06. The van der Waals surface area contributed by atoms with Gasteiger partial charge in [0.15, 0.2) is 6.10 Å². The zero-order chi connectivity index (χ0) is 12.0. The van der Waals surface area contributed by atoms with Crippen molar-refractivity contribution < 1.29 is 19.5 Å². The number of ether oxygens (including phenoxy) is 2. The van der Waals surface area contributed by atoms with Crippen LogP contribution in [0.3, 0.4) is 0 Å². The summed E-state index contributed by atoms with van der Waals surface area (Å²) in [5.74, 6) is -0.0501. The molecule has 1 heterocycles. The highest BCUT2D eigenvalue weighted by atomic mass is 16.6. The van der Waals surface area contributed by atoms with Crippen molar-refractivity contribution in [3.05, 3.63) is 0 Å². The summed E-state index contributed by atoms with van der Waals surface area (Å²) in [6, 6.07) is 0. The van der Waals surface area contributed by atoms with Crippen LogP contribution in [0.15, 0.2) is 5.16 Å². The Morgan fingerprint density at radius 1 is 1.62 bits per heavy atom. The molecule has 1 fully saturated rings. The number of carbonyl (C=O) groups is 1. The summed E-state index contributed by atoms with van der Waals surface area (Å²) < 4.78 is 10.4. The first-order chi connectivity index (χ1) is 7.65. The Morgan fingerprint density at radius 3 is 2.94 bits per heavy atom. The van der Waals surface area contributed by atoms with Gasteiger partial charge in [0, 0.05) is 20.0 Å². The molecule has 0 aliphatic carbocycles. The first kappa shape index (κ1) is 12.7. The molecule has 1 unspecified atom stereocenters. The van der Waals surface area contributed by atoms with Gasteiger partial charge in [0.1, 0.15) is 5.84 Å². The van der Waals surface area contributed by atoms with Crippen LogP contribution in [0, 0.1) is 0 Å². The van der Waals surface area contributed by atoms with Crippen LogP contribution in [-0.2, 0) is 14.3 Å². The fourth-order valence-corrected chi connectivity index (χ4v) is 1.32. The van der Waals surface area contributed by atoms with Crippen molar-refractivity contribution in [1.29, 1.82) is 0 Å². The molecule has 1 aliphatic heterocycles. The lowest BCUT2D eigenvalue weighted by atomic mass is 10.3. The van der Waals surface area contributed by atoms with Crippen molar-refractivity contribution in [1.82, 2.24) is 4.90 Å². The van der Waals surface area contributed by atoms with E-state index in [0.717, 1.165) is 0 Å². The van der Waals surface area contributed by atoms with E-state index in [-0.39, 0.29) is 18.3 Å². The molecule has 0 aromatic heterocycles. The summed E-state index contributed by atoms with van der Waals surface area (Å²) in [4.78, 5) is 13.3. The molecule has 92 valence electrons. The molecule has 1 saturated heterocycles. The van der Waals surface area contributed by atoms with Gasteiger partial charge in [-0.25, -0.2) is 0 Å². The number of likely N-dealkylation sites (N-methyl/N-ethyl adjacent to an activating group) is 1. The maximum absolute atomic E-state index is 11.8. The average molecular weight is 231 g/mol. The lowest BCUT2D eigenvalue weighted by molar-refractivity contribution is -0.156. The van der Waals surface area contributed by atoms with Crippen LogP contribution in [0.1, 0.15) is 6.42 Å². The molecule has 1 rings (SSSR count). The van der Waals surface area contributed by atoms with Crippen molar-refractivity contribution in [2.45, 2.75) is 12.5 Å². The Kier molecular flexibility index (Phi) is 5.00. The first-order valence-corrected chi connectivity index (χ1v) is 5.06. The predicted octanol–water partition coefficient (Wildman–Crippen LogP) is -1.00. The molecule has 1 atom stereocenters. The maximum Gasteiger partial charge on any atom is 0.253 e. The van der Waals surface area contributed by atoms with Gasteiger partial charge in [-0.3, -0.25) is 4.79 Å². The fourth-order valence-electron chi connectivity index (χ4n) is 1.32. The number of amidine groups is 1.